The molecule has 23 heavy (non-hydrogen) atoms. The Bertz CT molecular complexity index is 885. The van der Waals surface area contributed by atoms with Gasteiger partial charge in [-0.05, 0) is 49.2 Å². The highest BCUT2D eigenvalue weighted by Crippen LogP contribution is 2.34. The molecule has 5 heteroatoms. The molecule has 1 fully saturated rings. The molecule has 1 amide bonds. The highest BCUT2D eigenvalue weighted by Gasteiger charge is 2.33. The van der Waals surface area contributed by atoms with E-state index in [4.69, 9.17) is 0 Å². The van der Waals surface area contributed by atoms with Crippen molar-refractivity contribution >= 4 is 16.8 Å². The van der Waals surface area contributed by atoms with Crippen LogP contribution < -0.4 is 0 Å². The number of benzene rings is 2. The number of aromatic nitrogens is 2. The number of carbonyl (C=O) groups excluding carboxylic acids is 1. The average molecular weight is 309 g/mol. The van der Waals surface area contributed by atoms with Crippen LogP contribution in [0, 0.1) is 12.7 Å². The molecular weight excluding hydrogens is 293 g/mol. The lowest BCUT2D eigenvalue weighted by atomic mass is 9.93. The van der Waals surface area contributed by atoms with Gasteiger partial charge in [-0.2, -0.15) is 5.10 Å². The Hall–Kier alpha value is -2.69. The van der Waals surface area contributed by atoms with Crippen molar-refractivity contribution in [1.82, 2.24) is 15.1 Å². The minimum Gasteiger partial charge on any atom is -0.331 e. The van der Waals surface area contributed by atoms with Crippen LogP contribution in [-0.4, -0.2) is 27.5 Å². The van der Waals surface area contributed by atoms with E-state index in [0.29, 0.717) is 5.56 Å². The van der Waals surface area contributed by atoms with Gasteiger partial charge >= 0.3 is 0 Å². The molecule has 0 bridgehead atoms. The number of rotatable bonds is 2. The van der Waals surface area contributed by atoms with E-state index in [9.17, 15) is 9.18 Å². The molecule has 1 aromatic heterocycles. The first-order chi connectivity index (χ1) is 11.1. The maximum atomic E-state index is 13.1. The molecule has 2 aromatic carbocycles. The number of halogens is 1. The molecule has 4 rings (SSSR count). The predicted octanol–water partition coefficient (Wildman–Crippen LogP) is 3.60. The molecular formula is C18H16FN3O. The summed E-state index contributed by atoms with van der Waals surface area (Å²) in [6.07, 6.45) is 0.907. The topological polar surface area (TPSA) is 49.0 Å². The Morgan fingerprint density at radius 1 is 1.26 bits per heavy atom. The summed E-state index contributed by atoms with van der Waals surface area (Å²) in [7, 11) is 0. The smallest absolute Gasteiger partial charge is 0.254 e. The van der Waals surface area contributed by atoms with Gasteiger partial charge in [0.2, 0.25) is 0 Å². The number of carbonyl (C=O) groups is 1. The van der Waals surface area contributed by atoms with Gasteiger partial charge in [-0.1, -0.05) is 12.1 Å². The molecule has 0 spiro atoms. The van der Waals surface area contributed by atoms with Gasteiger partial charge in [0.1, 0.15) is 5.82 Å². The lowest BCUT2D eigenvalue weighted by molar-refractivity contribution is 0.0460. The van der Waals surface area contributed by atoms with E-state index in [2.05, 4.69) is 10.2 Å². The molecule has 3 aromatic rings. The van der Waals surface area contributed by atoms with Gasteiger partial charge in [-0.15, -0.1) is 0 Å². The number of hydrogen-bond acceptors (Lipinski definition) is 2. The third-order valence-corrected chi connectivity index (χ3v) is 4.54. The average Bonchev–Trinajstić information content (AvgIpc) is 2.89. The number of fused-ring (bicyclic) bond motifs is 1. The minimum atomic E-state index is -0.258. The molecule has 1 saturated heterocycles. The van der Waals surface area contributed by atoms with E-state index in [1.165, 1.54) is 12.1 Å². The summed E-state index contributed by atoms with van der Waals surface area (Å²) in [4.78, 5) is 14.6. The lowest BCUT2D eigenvalue weighted by Gasteiger charge is -2.41. The number of H-pyrrole nitrogens is 1. The van der Waals surface area contributed by atoms with Crippen molar-refractivity contribution in [1.29, 1.82) is 0 Å². The number of hydrogen-bond donors (Lipinski definition) is 1. The van der Waals surface area contributed by atoms with Gasteiger partial charge in [0.05, 0.1) is 17.3 Å². The van der Waals surface area contributed by atoms with Crippen LogP contribution in [0.4, 0.5) is 4.39 Å². The summed E-state index contributed by atoms with van der Waals surface area (Å²) < 4.78 is 13.1. The van der Waals surface area contributed by atoms with Crippen molar-refractivity contribution in [2.24, 2.45) is 0 Å². The van der Waals surface area contributed by atoms with Crippen LogP contribution in [0.25, 0.3) is 10.9 Å². The molecule has 1 aliphatic rings. The summed E-state index contributed by atoms with van der Waals surface area (Å²) in [6, 6.07) is 12.0. The highest BCUT2D eigenvalue weighted by atomic mass is 19.1. The molecule has 1 N–H and O–H groups in total. The van der Waals surface area contributed by atoms with Crippen LogP contribution in [-0.2, 0) is 0 Å². The van der Waals surface area contributed by atoms with Crippen LogP contribution in [0.15, 0.2) is 42.5 Å². The summed E-state index contributed by atoms with van der Waals surface area (Å²) in [5, 5.41) is 8.07. The fourth-order valence-corrected chi connectivity index (χ4v) is 3.11. The van der Waals surface area contributed by atoms with Gasteiger partial charge in [0.25, 0.3) is 5.91 Å². The number of amides is 1. The Balaban J connectivity index is 1.62. The number of nitrogens with zero attached hydrogens (tertiary/aromatic N) is 2. The largest absolute Gasteiger partial charge is 0.331 e. The maximum Gasteiger partial charge on any atom is 0.254 e. The van der Waals surface area contributed by atoms with E-state index in [1.807, 2.05) is 30.0 Å². The van der Waals surface area contributed by atoms with E-state index >= 15 is 0 Å². The number of aromatic amines is 1. The second kappa shape index (κ2) is 5.19. The summed E-state index contributed by atoms with van der Waals surface area (Å²) in [5.41, 5.74) is 3.45. The van der Waals surface area contributed by atoms with Crippen LogP contribution in [0.5, 0.6) is 0 Å². The quantitative estimate of drug-likeness (QED) is 0.786. The second-order valence-corrected chi connectivity index (χ2v) is 5.92. The molecule has 0 aliphatic carbocycles. The Kier molecular flexibility index (Phi) is 3.15. The first kappa shape index (κ1) is 13.9. The molecule has 1 atom stereocenters. The maximum absolute atomic E-state index is 13.1. The van der Waals surface area contributed by atoms with Crippen molar-refractivity contribution in [3.63, 3.8) is 0 Å². The molecule has 1 aliphatic heterocycles. The zero-order valence-electron chi connectivity index (χ0n) is 12.7. The number of aryl methyl sites for hydroxylation is 1. The van der Waals surface area contributed by atoms with Crippen molar-refractivity contribution in [3.8, 4) is 0 Å². The molecule has 2 heterocycles. The Morgan fingerprint density at radius 3 is 2.74 bits per heavy atom. The van der Waals surface area contributed by atoms with Crippen LogP contribution in [0.1, 0.15) is 34.1 Å². The normalized spacial score (nSPS) is 17.3. The molecule has 116 valence electrons. The SMILES string of the molecule is Cc1n[nH]c2ccc(C(=O)N3CC[C@@H]3c3ccc(F)cc3)cc12. The van der Waals surface area contributed by atoms with E-state index in [-0.39, 0.29) is 17.8 Å². The van der Waals surface area contributed by atoms with Crippen molar-refractivity contribution < 1.29 is 9.18 Å². The fraction of sp³-hybridized carbons (Fsp3) is 0.222. The first-order valence-electron chi connectivity index (χ1n) is 7.64. The monoisotopic (exact) mass is 309 g/mol. The van der Waals surface area contributed by atoms with Crippen LogP contribution in [0.2, 0.25) is 0 Å². The summed E-state index contributed by atoms with van der Waals surface area (Å²) >= 11 is 0. The van der Waals surface area contributed by atoms with E-state index in [0.717, 1.165) is 35.1 Å². The summed E-state index contributed by atoms with van der Waals surface area (Å²) in [5.74, 6) is -0.250. The third-order valence-electron chi connectivity index (χ3n) is 4.54. The van der Waals surface area contributed by atoms with Crippen molar-refractivity contribution in [2.45, 2.75) is 19.4 Å². The Labute approximate surface area is 132 Å². The standard InChI is InChI=1S/C18H16FN3O/c1-11-15-10-13(4-7-16(15)21-20-11)18(23)22-9-8-17(22)12-2-5-14(19)6-3-12/h2-7,10,17H,8-9H2,1H3,(H,20,21)/t17-/m1/s1. The summed E-state index contributed by atoms with van der Waals surface area (Å²) in [6.45, 7) is 2.64. The second-order valence-electron chi connectivity index (χ2n) is 5.92. The van der Waals surface area contributed by atoms with E-state index < -0.39 is 0 Å². The lowest BCUT2D eigenvalue weighted by Crippen LogP contribution is -2.45. The van der Waals surface area contributed by atoms with Crippen LogP contribution >= 0.6 is 0 Å². The van der Waals surface area contributed by atoms with Gasteiger partial charge in [0.15, 0.2) is 0 Å². The zero-order chi connectivity index (χ0) is 16.0. The minimum absolute atomic E-state index is 0.00748. The van der Waals surface area contributed by atoms with Gasteiger partial charge < -0.3 is 4.90 Å². The Morgan fingerprint density at radius 2 is 2.04 bits per heavy atom. The number of likely N-dealkylation sites (tertiary alicyclic amines) is 1. The first-order valence-corrected chi connectivity index (χ1v) is 7.64. The third kappa shape index (κ3) is 2.29. The van der Waals surface area contributed by atoms with Gasteiger partial charge in [-0.25, -0.2) is 4.39 Å². The van der Waals surface area contributed by atoms with Gasteiger partial charge in [0, 0.05) is 17.5 Å². The molecule has 0 radical (unpaired) electrons. The zero-order valence-corrected chi connectivity index (χ0v) is 12.7. The molecule has 0 unspecified atom stereocenters. The molecule has 0 saturated carbocycles. The molecule has 4 nitrogen and oxygen atoms in total. The number of nitrogens with one attached hydrogen (secondary N) is 1. The van der Waals surface area contributed by atoms with Crippen molar-refractivity contribution in [2.75, 3.05) is 6.54 Å². The van der Waals surface area contributed by atoms with E-state index in [1.54, 1.807) is 12.1 Å². The fourth-order valence-electron chi connectivity index (χ4n) is 3.11. The van der Waals surface area contributed by atoms with Crippen LogP contribution in [0.3, 0.4) is 0 Å². The van der Waals surface area contributed by atoms with Gasteiger partial charge in [-0.3, -0.25) is 9.89 Å². The predicted molar refractivity (Wildman–Crippen MR) is 85.6 cm³/mol. The highest BCUT2D eigenvalue weighted by molar-refractivity contribution is 5.99. The van der Waals surface area contributed by atoms with Crippen molar-refractivity contribution in [3.05, 3.63) is 65.1 Å².